The Kier molecular flexibility index (Phi) is 2.84. The smallest absolute Gasteiger partial charge is 0.334 e. The van der Waals surface area contributed by atoms with Crippen molar-refractivity contribution < 1.29 is 19.4 Å². The van der Waals surface area contributed by atoms with Crippen LogP contribution in [0, 0.1) is 0 Å². The predicted molar refractivity (Wildman–Crippen MR) is 37.0 cm³/mol. The fourth-order valence-corrected chi connectivity index (χ4v) is 1.05. The second kappa shape index (κ2) is 3.69. The molecule has 2 atom stereocenters. The highest BCUT2D eigenvalue weighted by molar-refractivity contribution is 5.74. The molecule has 4 heteroatoms. The Labute approximate surface area is 65.1 Å². The fraction of sp³-hybridized carbons (Fsp3) is 0.857. The summed E-state index contributed by atoms with van der Waals surface area (Å²) in [4.78, 5) is 10.8. The minimum Gasteiger partial charge on any atom is -0.467 e. The first-order chi connectivity index (χ1) is 5.24. The summed E-state index contributed by atoms with van der Waals surface area (Å²) < 4.78 is 9.50. The van der Waals surface area contributed by atoms with Gasteiger partial charge in [-0.2, -0.15) is 0 Å². The summed E-state index contributed by atoms with van der Waals surface area (Å²) in [6.45, 7) is 0.236. The van der Waals surface area contributed by atoms with Gasteiger partial charge in [0.15, 0.2) is 6.10 Å². The van der Waals surface area contributed by atoms with Gasteiger partial charge in [-0.3, -0.25) is 0 Å². The highest BCUT2D eigenvalue weighted by Gasteiger charge is 2.26. The molecule has 0 bridgehead atoms. The number of carbonyl (C=O) groups excluding carboxylic acids is 1. The summed E-state index contributed by atoms with van der Waals surface area (Å²) in [5.74, 6) is -0.350. The van der Waals surface area contributed by atoms with Crippen molar-refractivity contribution in [3.05, 3.63) is 0 Å². The van der Waals surface area contributed by atoms with Gasteiger partial charge in [0, 0.05) is 0 Å². The largest absolute Gasteiger partial charge is 0.467 e. The van der Waals surface area contributed by atoms with Crippen molar-refractivity contribution in [2.45, 2.75) is 25.0 Å². The van der Waals surface area contributed by atoms with E-state index < -0.39 is 12.2 Å². The number of aliphatic hydroxyl groups excluding tert-OH is 1. The van der Waals surface area contributed by atoms with Gasteiger partial charge in [0.2, 0.25) is 0 Å². The topological polar surface area (TPSA) is 55.8 Å². The summed E-state index contributed by atoms with van der Waals surface area (Å²) >= 11 is 0. The van der Waals surface area contributed by atoms with Crippen molar-refractivity contribution in [1.29, 1.82) is 0 Å². The van der Waals surface area contributed by atoms with E-state index >= 15 is 0 Å². The number of esters is 1. The molecule has 1 aliphatic rings. The minimum absolute atomic E-state index is 0.236. The molecule has 0 saturated carbocycles. The van der Waals surface area contributed by atoms with E-state index in [4.69, 9.17) is 9.84 Å². The Bertz CT molecular complexity index is 137. The quantitative estimate of drug-likeness (QED) is 0.535. The Hall–Kier alpha value is -0.610. The normalized spacial score (nSPS) is 31.5. The molecule has 1 heterocycles. The summed E-state index contributed by atoms with van der Waals surface area (Å²) in [6.07, 6.45) is 0.271. The van der Waals surface area contributed by atoms with Crippen molar-refractivity contribution in [1.82, 2.24) is 0 Å². The zero-order chi connectivity index (χ0) is 8.27. The first-order valence-electron chi connectivity index (χ1n) is 3.61. The van der Waals surface area contributed by atoms with Crippen LogP contribution >= 0.6 is 0 Å². The van der Waals surface area contributed by atoms with Crippen LogP contribution in [0.2, 0.25) is 0 Å². The van der Waals surface area contributed by atoms with Crippen LogP contribution in [0.15, 0.2) is 0 Å². The fourth-order valence-electron chi connectivity index (χ4n) is 1.05. The van der Waals surface area contributed by atoms with E-state index in [1.54, 1.807) is 0 Å². The molecule has 11 heavy (non-hydrogen) atoms. The highest BCUT2D eigenvalue weighted by atomic mass is 16.6. The van der Waals surface area contributed by atoms with Crippen LogP contribution in [0.25, 0.3) is 0 Å². The van der Waals surface area contributed by atoms with E-state index in [0.29, 0.717) is 12.8 Å². The van der Waals surface area contributed by atoms with Gasteiger partial charge >= 0.3 is 5.97 Å². The van der Waals surface area contributed by atoms with Crippen molar-refractivity contribution in [2.24, 2.45) is 0 Å². The lowest BCUT2D eigenvalue weighted by atomic mass is 10.1. The van der Waals surface area contributed by atoms with E-state index in [1.807, 2.05) is 0 Å². The van der Waals surface area contributed by atoms with E-state index in [0.717, 1.165) is 0 Å². The Balaban J connectivity index is 2.33. The third kappa shape index (κ3) is 2.17. The molecule has 1 N–H and O–H groups in total. The van der Waals surface area contributed by atoms with Crippen molar-refractivity contribution in [3.8, 4) is 0 Å². The van der Waals surface area contributed by atoms with Crippen LogP contribution in [0.4, 0.5) is 0 Å². The van der Waals surface area contributed by atoms with Crippen LogP contribution in [-0.4, -0.2) is 37.0 Å². The average Bonchev–Trinajstić information content (AvgIpc) is 2.05. The van der Waals surface area contributed by atoms with Crippen LogP contribution < -0.4 is 0 Å². The maximum absolute atomic E-state index is 10.8. The third-order valence-corrected chi connectivity index (χ3v) is 1.72. The molecule has 4 nitrogen and oxygen atoms in total. The van der Waals surface area contributed by atoms with Gasteiger partial charge in [-0.15, -0.1) is 0 Å². The van der Waals surface area contributed by atoms with E-state index in [1.165, 1.54) is 7.11 Å². The molecule has 64 valence electrons. The molecule has 0 amide bonds. The standard InChI is InChI=1S/C7H12O4/c1-10-7(9)6-3-2-5(8)4-11-6/h5-6,8H,2-4H2,1H3/t5-,6+/m1/s1. The van der Waals surface area contributed by atoms with Crippen LogP contribution in [0.1, 0.15) is 12.8 Å². The Morgan fingerprint density at radius 3 is 2.82 bits per heavy atom. The minimum atomic E-state index is -0.469. The van der Waals surface area contributed by atoms with Gasteiger partial charge in [0.05, 0.1) is 19.8 Å². The van der Waals surface area contributed by atoms with E-state index in [-0.39, 0.29) is 12.6 Å². The van der Waals surface area contributed by atoms with Gasteiger partial charge < -0.3 is 14.6 Å². The summed E-state index contributed by atoms with van der Waals surface area (Å²) in [5.41, 5.74) is 0. The second-order valence-corrected chi connectivity index (χ2v) is 2.58. The third-order valence-electron chi connectivity index (χ3n) is 1.72. The lowest BCUT2D eigenvalue weighted by Gasteiger charge is -2.23. The van der Waals surface area contributed by atoms with Gasteiger partial charge in [0.1, 0.15) is 0 Å². The van der Waals surface area contributed by atoms with Crippen molar-refractivity contribution in [2.75, 3.05) is 13.7 Å². The van der Waals surface area contributed by atoms with Crippen LogP contribution in [0.5, 0.6) is 0 Å². The zero-order valence-electron chi connectivity index (χ0n) is 6.45. The molecule has 0 radical (unpaired) electrons. The first-order valence-corrected chi connectivity index (χ1v) is 3.61. The second-order valence-electron chi connectivity index (χ2n) is 2.58. The number of ether oxygens (including phenoxy) is 2. The van der Waals surface area contributed by atoms with Gasteiger partial charge in [-0.1, -0.05) is 0 Å². The maximum Gasteiger partial charge on any atom is 0.334 e. The number of aliphatic hydroxyl groups is 1. The molecule has 1 aliphatic heterocycles. The number of hydrogen-bond donors (Lipinski definition) is 1. The lowest BCUT2D eigenvalue weighted by Crippen LogP contribution is -2.35. The lowest BCUT2D eigenvalue weighted by molar-refractivity contribution is -0.161. The summed E-state index contributed by atoms with van der Waals surface area (Å²) in [6, 6.07) is 0. The monoisotopic (exact) mass is 160 g/mol. The molecule has 0 unspecified atom stereocenters. The molecular weight excluding hydrogens is 148 g/mol. The number of hydrogen-bond acceptors (Lipinski definition) is 4. The Morgan fingerprint density at radius 2 is 2.36 bits per heavy atom. The van der Waals surface area contributed by atoms with Crippen molar-refractivity contribution >= 4 is 5.97 Å². The molecule has 1 rings (SSSR count). The maximum atomic E-state index is 10.8. The first kappa shape index (κ1) is 8.49. The molecule has 1 fully saturated rings. The number of methoxy groups -OCH3 is 1. The van der Waals surface area contributed by atoms with E-state index in [2.05, 4.69) is 4.74 Å². The summed E-state index contributed by atoms with van der Waals surface area (Å²) in [5, 5.41) is 9.00. The van der Waals surface area contributed by atoms with Crippen LogP contribution in [-0.2, 0) is 14.3 Å². The molecular formula is C7H12O4. The predicted octanol–water partition coefficient (Wildman–Crippen LogP) is -0.301. The molecule has 0 spiro atoms. The molecule has 0 aromatic carbocycles. The van der Waals surface area contributed by atoms with Gasteiger partial charge in [-0.05, 0) is 12.8 Å². The number of carbonyl (C=O) groups is 1. The average molecular weight is 160 g/mol. The molecule has 0 aliphatic carbocycles. The highest BCUT2D eigenvalue weighted by Crippen LogP contribution is 2.13. The SMILES string of the molecule is COC(=O)[C@@H]1CC[C@@H](O)CO1. The van der Waals surface area contributed by atoms with Crippen LogP contribution in [0.3, 0.4) is 0 Å². The Morgan fingerprint density at radius 1 is 1.64 bits per heavy atom. The van der Waals surface area contributed by atoms with Gasteiger partial charge in [-0.25, -0.2) is 4.79 Å². The number of rotatable bonds is 1. The zero-order valence-corrected chi connectivity index (χ0v) is 6.45. The van der Waals surface area contributed by atoms with Gasteiger partial charge in [0.25, 0.3) is 0 Å². The molecule has 0 aromatic rings. The van der Waals surface area contributed by atoms with Crippen molar-refractivity contribution in [3.63, 3.8) is 0 Å². The summed E-state index contributed by atoms with van der Waals surface area (Å²) in [7, 11) is 1.33. The molecule has 1 saturated heterocycles. The molecule has 0 aromatic heterocycles. The van der Waals surface area contributed by atoms with E-state index in [9.17, 15) is 4.79 Å².